The number of nitrogens with one attached hydrogen (secondary N) is 2. The van der Waals surface area contributed by atoms with Gasteiger partial charge in [-0.2, -0.15) is 0 Å². The fourth-order valence-electron chi connectivity index (χ4n) is 1.68. The summed E-state index contributed by atoms with van der Waals surface area (Å²) in [5.74, 6) is 1.43. The van der Waals surface area contributed by atoms with E-state index < -0.39 is 0 Å². The van der Waals surface area contributed by atoms with Crippen molar-refractivity contribution >= 4 is 34.6 Å². The Kier molecular flexibility index (Phi) is 4.82. The highest BCUT2D eigenvalue weighted by molar-refractivity contribution is 7.80. The monoisotopic (exact) mass is 306 g/mol. The van der Waals surface area contributed by atoms with Crippen molar-refractivity contribution in [3.05, 3.63) is 53.1 Å². The van der Waals surface area contributed by atoms with Crippen LogP contribution in [0.2, 0.25) is 5.02 Å². The smallest absolute Gasteiger partial charge is 0.170 e. The molecule has 0 saturated heterocycles. The molecule has 104 valence electrons. The minimum atomic E-state index is 0.501. The molecule has 0 heterocycles. The van der Waals surface area contributed by atoms with E-state index in [1.165, 1.54) is 0 Å². The maximum absolute atomic E-state index is 6.01. The Morgan fingerprint density at radius 3 is 2.70 bits per heavy atom. The summed E-state index contributed by atoms with van der Waals surface area (Å²) in [5, 5.41) is 7.02. The Hall–Kier alpha value is -1.78. The Morgan fingerprint density at radius 2 is 2.00 bits per heavy atom. The van der Waals surface area contributed by atoms with Crippen LogP contribution in [0.25, 0.3) is 0 Å². The first-order valence-electron chi connectivity index (χ1n) is 6.11. The Labute approximate surface area is 128 Å². The van der Waals surface area contributed by atoms with E-state index >= 15 is 0 Å². The second-order valence-corrected chi connectivity index (χ2v) is 5.11. The van der Waals surface area contributed by atoms with E-state index in [4.69, 9.17) is 28.6 Å². The molecule has 0 saturated carbocycles. The van der Waals surface area contributed by atoms with Gasteiger partial charge < -0.3 is 15.4 Å². The van der Waals surface area contributed by atoms with Gasteiger partial charge in [0.1, 0.15) is 5.75 Å². The Balaban J connectivity index is 2.28. The van der Waals surface area contributed by atoms with Crippen LogP contribution >= 0.6 is 23.8 Å². The van der Waals surface area contributed by atoms with Crippen molar-refractivity contribution in [3.8, 4) is 11.5 Å². The van der Waals surface area contributed by atoms with E-state index in [0.29, 0.717) is 15.9 Å². The molecule has 0 atom stereocenters. The maximum atomic E-state index is 6.01. The molecule has 2 aromatic rings. The van der Waals surface area contributed by atoms with E-state index in [1.807, 2.05) is 37.3 Å². The number of rotatable bonds is 3. The lowest BCUT2D eigenvalue weighted by Crippen LogP contribution is -2.24. The first kappa shape index (κ1) is 14.6. The molecule has 0 fully saturated rings. The van der Waals surface area contributed by atoms with Crippen molar-refractivity contribution in [2.24, 2.45) is 0 Å². The topological polar surface area (TPSA) is 33.3 Å². The van der Waals surface area contributed by atoms with Crippen molar-refractivity contribution in [1.82, 2.24) is 5.32 Å². The predicted molar refractivity (Wildman–Crippen MR) is 88.0 cm³/mol. The zero-order valence-corrected chi connectivity index (χ0v) is 12.8. The number of aryl methyl sites for hydroxylation is 1. The first-order valence-corrected chi connectivity index (χ1v) is 6.90. The number of hydrogen-bond donors (Lipinski definition) is 2. The number of anilines is 1. The molecule has 3 nitrogen and oxygen atoms in total. The van der Waals surface area contributed by atoms with Gasteiger partial charge >= 0.3 is 0 Å². The molecule has 0 aromatic heterocycles. The average molecular weight is 307 g/mol. The first-order chi connectivity index (χ1) is 9.58. The molecular formula is C15H15ClN2OS. The third kappa shape index (κ3) is 3.85. The average Bonchev–Trinajstić information content (AvgIpc) is 2.42. The second-order valence-electron chi connectivity index (χ2n) is 4.26. The summed E-state index contributed by atoms with van der Waals surface area (Å²) >= 11 is 11.1. The van der Waals surface area contributed by atoms with Crippen LogP contribution in [0.5, 0.6) is 11.5 Å². The Bertz CT molecular complexity index is 631. The lowest BCUT2D eigenvalue weighted by molar-refractivity contribution is 0.484. The molecule has 0 amide bonds. The maximum Gasteiger partial charge on any atom is 0.170 e. The van der Waals surface area contributed by atoms with Crippen LogP contribution < -0.4 is 15.4 Å². The van der Waals surface area contributed by atoms with E-state index in [2.05, 4.69) is 10.6 Å². The molecule has 5 heteroatoms. The number of hydrogen-bond acceptors (Lipinski definition) is 2. The second kappa shape index (κ2) is 6.59. The number of thiocarbonyl (C=S) groups is 1. The predicted octanol–water partition coefficient (Wildman–Crippen LogP) is 4.36. The molecule has 0 aliphatic carbocycles. The summed E-state index contributed by atoms with van der Waals surface area (Å²) in [5.41, 5.74) is 1.86. The largest absolute Gasteiger partial charge is 0.455 e. The molecule has 0 aliphatic rings. The molecule has 0 unspecified atom stereocenters. The zero-order valence-electron chi connectivity index (χ0n) is 11.2. The molecule has 2 aromatic carbocycles. The summed E-state index contributed by atoms with van der Waals surface area (Å²) in [7, 11) is 1.75. The van der Waals surface area contributed by atoms with Crippen molar-refractivity contribution in [2.75, 3.05) is 12.4 Å². The summed E-state index contributed by atoms with van der Waals surface area (Å²) in [6.07, 6.45) is 0. The summed E-state index contributed by atoms with van der Waals surface area (Å²) in [6, 6.07) is 13.2. The molecule has 0 radical (unpaired) electrons. The van der Waals surface area contributed by atoms with Crippen LogP contribution in [0.15, 0.2) is 42.5 Å². The fourth-order valence-corrected chi connectivity index (χ4v) is 1.96. The fraction of sp³-hybridized carbons (Fsp3) is 0.133. The van der Waals surface area contributed by atoms with Gasteiger partial charge in [0.25, 0.3) is 0 Å². The molecule has 0 bridgehead atoms. The van der Waals surface area contributed by atoms with Gasteiger partial charge in [0.2, 0.25) is 0 Å². The van der Waals surface area contributed by atoms with Gasteiger partial charge in [-0.15, -0.1) is 0 Å². The van der Waals surface area contributed by atoms with E-state index in [-0.39, 0.29) is 0 Å². The number of halogens is 1. The van der Waals surface area contributed by atoms with Gasteiger partial charge in [0.15, 0.2) is 10.9 Å². The van der Waals surface area contributed by atoms with Gasteiger partial charge in [-0.3, -0.25) is 0 Å². The van der Waals surface area contributed by atoms with Gasteiger partial charge in [0, 0.05) is 12.1 Å². The third-order valence-corrected chi connectivity index (χ3v) is 3.18. The Morgan fingerprint density at radius 1 is 1.20 bits per heavy atom. The summed E-state index contributed by atoms with van der Waals surface area (Å²) in [6.45, 7) is 2.02. The highest BCUT2D eigenvalue weighted by Crippen LogP contribution is 2.32. The van der Waals surface area contributed by atoms with Crippen LogP contribution in [-0.2, 0) is 0 Å². The quantitative estimate of drug-likeness (QED) is 0.826. The van der Waals surface area contributed by atoms with Crippen molar-refractivity contribution in [3.63, 3.8) is 0 Å². The highest BCUT2D eigenvalue weighted by Gasteiger charge is 2.07. The van der Waals surface area contributed by atoms with Gasteiger partial charge in [-0.25, -0.2) is 0 Å². The van der Waals surface area contributed by atoms with Crippen LogP contribution in [0, 0.1) is 6.92 Å². The number of ether oxygens (including phenoxy) is 1. The van der Waals surface area contributed by atoms with Gasteiger partial charge in [0.05, 0.1) is 5.69 Å². The van der Waals surface area contributed by atoms with E-state index in [1.54, 1.807) is 19.2 Å². The highest BCUT2D eigenvalue weighted by atomic mass is 35.5. The summed E-state index contributed by atoms with van der Waals surface area (Å²) < 4.78 is 5.88. The zero-order chi connectivity index (χ0) is 14.5. The van der Waals surface area contributed by atoms with E-state index in [9.17, 15) is 0 Å². The lowest BCUT2D eigenvalue weighted by Gasteiger charge is -2.14. The normalized spacial score (nSPS) is 9.95. The van der Waals surface area contributed by atoms with Crippen LogP contribution in [0.1, 0.15) is 5.56 Å². The van der Waals surface area contributed by atoms with Crippen LogP contribution in [-0.4, -0.2) is 12.2 Å². The van der Waals surface area contributed by atoms with E-state index in [0.717, 1.165) is 17.0 Å². The SMILES string of the molecule is CNC(=S)Nc1cc(Cl)ccc1Oc1cccc(C)c1. The van der Waals surface area contributed by atoms with Crippen molar-refractivity contribution in [1.29, 1.82) is 0 Å². The number of benzene rings is 2. The third-order valence-electron chi connectivity index (χ3n) is 2.63. The molecule has 20 heavy (non-hydrogen) atoms. The molecule has 0 aliphatic heterocycles. The molecule has 2 N–H and O–H groups in total. The van der Waals surface area contributed by atoms with Crippen molar-refractivity contribution < 1.29 is 4.74 Å². The van der Waals surface area contributed by atoms with Gasteiger partial charge in [-0.1, -0.05) is 23.7 Å². The minimum absolute atomic E-state index is 0.501. The molecule has 0 spiro atoms. The van der Waals surface area contributed by atoms with Crippen LogP contribution in [0.4, 0.5) is 5.69 Å². The van der Waals surface area contributed by atoms with Crippen molar-refractivity contribution in [2.45, 2.75) is 6.92 Å². The molecular weight excluding hydrogens is 292 g/mol. The van der Waals surface area contributed by atoms with Crippen LogP contribution in [0.3, 0.4) is 0 Å². The lowest BCUT2D eigenvalue weighted by atomic mass is 10.2. The summed E-state index contributed by atoms with van der Waals surface area (Å²) in [4.78, 5) is 0. The standard InChI is InChI=1S/C15H15ClN2OS/c1-10-4-3-5-12(8-10)19-14-7-6-11(16)9-13(14)18-15(20)17-2/h3-9H,1-2H3,(H2,17,18,20). The molecule has 2 rings (SSSR count). The minimum Gasteiger partial charge on any atom is -0.455 e. The van der Waals surface area contributed by atoms with Gasteiger partial charge in [-0.05, 0) is 55.0 Å².